The van der Waals surface area contributed by atoms with Crippen LogP contribution in [0, 0.1) is 81.8 Å². The summed E-state index contributed by atoms with van der Waals surface area (Å²) in [4.78, 5) is 6.43. The van der Waals surface area contributed by atoms with Gasteiger partial charge in [0.05, 0.1) is 0 Å². The number of fused-ring (bicyclic) bond motifs is 6. The van der Waals surface area contributed by atoms with Gasteiger partial charge in [-0.15, -0.1) is 23.2 Å². The zero-order valence-electron chi connectivity index (χ0n) is 40.0. The summed E-state index contributed by atoms with van der Waals surface area (Å²) in [5.74, 6) is 11.4. The van der Waals surface area contributed by atoms with Gasteiger partial charge in [-0.25, -0.2) is 0 Å². The molecular weight excluding hydrogens is 772 g/mol. The van der Waals surface area contributed by atoms with E-state index in [-0.39, 0.29) is 0 Å². The number of rotatable bonds is 7. The van der Waals surface area contributed by atoms with Crippen molar-refractivity contribution in [3.8, 4) is 0 Å². The van der Waals surface area contributed by atoms with Crippen molar-refractivity contribution in [3.05, 3.63) is 0 Å². The number of nitrogens with zero attached hydrogens (tertiary/aromatic N) is 2. The van der Waals surface area contributed by atoms with Gasteiger partial charge in [-0.1, -0.05) is 67.2 Å². The van der Waals surface area contributed by atoms with Gasteiger partial charge in [0, 0.05) is 47.0 Å². The molecular formula is C56H94Cl2N2. The highest BCUT2D eigenvalue weighted by molar-refractivity contribution is 6.21. The van der Waals surface area contributed by atoms with Crippen LogP contribution in [0.2, 0.25) is 0 Å². The molecule has 0 amide bonds. The molecule has 10 saturated carbocycles. The SMILES string of the molecule is CC1CCC(N(C2CCC(C3CCC(N(C4CCC5C6CCCCC6C(C)(C)C5C4)C4CCC(C)CC4Cl)CC3)CC2)C2CCC3C4CCCCC4C(C)(C)C3C2)C(Cl)C1. The second-order valence-corrected chi connectivity index (χ2v) is 27.4. The van der Waals surface area contributed by atoms with E-state index in [0.29, 0.717) is 33.7 Å². The normalized spacial score (nSPS) is 51.7. The van der Waals surface area contributed by atoms with E-state index in [1.54, 1.807) is 0 Å². The Balaban J connectivity index is 0.803. The standard InChI is InChI=1S/C56H94Cl2N2/c1-35-15-29-53(51(57)31-35)59(41-25-27-45-43-11-7-9-13-47(43)55(3,4)49(45)33-41)39-21-17-37(18-22-39)38-19-23-40(24-20-38)60(54-30-16-36(2)32-52(54)58)42-26-28-46-44-12-8-10-14-48(44)56(5,6)50(46)34-42/h35-54H,7-34H2,1-6H3. The van der Waals surface area contributed by atoms with Crippen LogP contribution in [-0.2, 0) is 0 Å². The van der Waals surface area contributed by atoms with Crippen molar-refractivity contribution in [1.29, 1.82) is 0 Å². The first-order chi connectivity index (χ1) is 28.9. The minimum atomic E-state index is 0.348. The van der Waals surface area contributed by atoms with Gasteiger partial charge in [-0.05, 0) is 236 Å². The summed E-state index contributed by atoms with van der Waals surface area (Å²) in [5.41, 5.74) is 1.05. The highest BCUT2D eigenvalue weighted by atomic mass is 35.5. The molecule has 10 fully saturated rings. The van der Waals surface area contributed by atoms with Crippen LogP contribution in [0.3, 0.4) is 0 Å². The molecule has 0 radical (unpaired) electrons. The fourth-order valence-corrected chi connectivity index (χ4v) is 21.2. The van der Waals surface area contributed by atoms with Gasteiger partial charge in [0.25, 0.3) is 0 Å². The smallest absolute Gasteiger partial charge is 0.0494 e. The highest BCUT2D eigenvalue weighted by Crippen LogP contribution is 2.65. The van der Waals surface area contributed by atoms with E-state index in [1.165, 1.54) is 180 Å². The third-order valence-electron chi connectivity index (χ3n) is 22.9. The fourth-order valence-electron chi connectivity index (χ4n) is 20.0. The molecule has 10 aliphatic rings. The minimum Gasteiger partial charge on any atom is -0.293 e. The number of hydrogen-bond acceptors (Lipinski definition) is 2. The molecule has 0 saturated heterocycles. The van der Waals surface area contributed by atoms with Gasteiger partial charge in [0.15, 0.2) is 0 Å². The van der Waals surface area contributed by atoms with Gasteiger partial charge in [0.2, 0.25) is 0 Å². The molecule has 60 heavy (non-hydrogen) atoms. The van der Waals surface area contributed by atoms with Crippen molar-refractivity contribution in [2.75, 3.05) is 0 Å². The molecule has 10 aliphatic carbocycles. The second-order valence-electron chi connectivity index (χ2n) is 26.3. The maximum absolute atomic E-state index is 7.51. The topological polar surface area (TPSA) is 6.48 Å². The maximum Gasteiger partial charge on any atom is 0.0494 e. The molecule has 0 N–H and O–H groups in total. The highest BCUT2D eigenvalue weighted by Gasteiger charge is 2.59. The van der Waals surface area contributed by atoms with Crippen LogP contribution >= 0.6 is 23.2 Å². The van der Waals surface area contributed by atoms with Crippen molar-refractivity contribution < 1.29 is 0 Å². The van der Waals surface area contributed by atoms with E-state index in [1.807, 2.05) is 0 Å². The maximum atomic E-state index is 7.51. The van der Waals surface area contributed by atoms with E-state index in [2.05, 4.69) is 51.3 Å². The Morgan fingerprint density at radius 3 is 1.08 bits per heavy atom. The molecule has 16 atom stereocenters. The molecule has 0 aromatic carbocycles. The average Bonchev–Trinajstić information content (AvgIpc) is 3.62. The molecule has 0 spiro atoms. The van der Waals surface area contributed by atoms with Crippen molar-refractivity contribution in [3.63, 3.8) is 0 Å². The molecule has 4 heteroatoms. The van der Waals surface area contributed by atoms with Crippen LogP contribution in [0.5, 0.6) is 0 Å². The Morgan fingerprint density at radius 1 is 0.350 bits per heavy atom. The molecule has 0 aromatic heterocycles. The van der Waals surface area contributed by atoms with Crippen molar-refractivity contribution in [1.82, 2.24) is 9.80 Å². The van der Waals surface area contributed by atoms with Crippen LogP contribution in [-0.4, -0.2) is 56.8 Å². The summed E-state index contributed by atoms with van der Waals surface area (Å²) in [5, 5.41) is 0.695. The lowest BCUT2D eigenvalue weighted by Crippen LogP contribution is -2.57. The Bertz CT molecular complexity index is 1320. The van der Waals surface area contributed by atoms with Gasteiger partial charge in [-0.3, -0.25) is 9.80 Å². The summed E-state index contributed by atoms with van der Waals surface area (Å²) in [6.07, 6.45) is 40.6. The lowest BCUT2D eigenvalue weighted by atomic mass is 9.66. The molecule has 16 unspecified atom stereocenters. The molecule has 0 aromatic rings. The predicted octanol–water partition coefficient (Wildman–Crippen LogP) is 15.6. The van der Waals surface area contributed by atoms with Gasteiger partial charge in [-0.2, -0.15) is 0 Å². The largest absolute Gasteiger partial charge is 0.293 e. The molecule has 0 aliphatic heterocycles. The predicted molar refractivity (Wildman–Crippen MR) is 256 cm³/mol. The van der Waals surface area contributed by atoms with Crippen LogP contribution in [0.4, 0.5) is 0 Å². The van der Waals surface area contributed by atoms with E-state index in [9.17, 15) is 0 Å². The zero-order valence-corrected chi connectivity index (χ0v) is 41.5. The Labute approximate surface area is 381 Å². The monoisotopic (exact) mass is 865 g/mol. The molecule has 342 valence electrons. The lowest BCUT2D eigenvalue weighted by Gasteiger charge is -2.54. The first kappa shape index (κ1) is 44.3. The first-order valence-corrected chi connectivity index (χ1v) is 28.6. The quantitative estimate of drug-likeness (QED) is 0.235. The number of hydrogen-bond donors (Lipinski definition) is 0. The Morgan fingerprint density at radius 2 is 0.700 bits per heavy atom. The molecule has 0 heterocycles. The third kappa shape index (κ3) is 8.10. The van der Waals surface area contributed by atoms with E-state index in [4.69, 9.17) is 23.2 Å². The molecule has 10 rings (SSSR count). The van der Waals surface area contributed by atoms with Crippen molar-refractivity contribution >= 4 is 23.2 Å². The first-order valence-electron chi connectivity index (χ1n) is 27.7. The van der Waals surface area contributed by atoms with Crippen LogP contribution in [0.15, 0.2) is 0 Å². The Kier molecular flexibility index (Phi) is 13.3. The summed E-state index contributed by atoms with van der Waals surface area (Å²) in [6.45, 7) is 15.8. The van der Waals surface area contributed by atoms with E-state index >= 15 is 0 Å². The van der Waals surface area contributed by atoms with Crippen LogP contribution < -0.4 is 0 Å². The Hall–Kier alpha value is 0.500. The number of alkyl halides is 2. The fraction of sp³-hybridized carbons (Fsp3) is 1.00. The van der Waals surface area contributed by atoms with E-state index in [0.717, 1.165) is 95.2 Å². The molecule has 2 nitrogen and oxygen atoms in total. The van der Waals surface area contributed by atoms with Gasteiger partial charge < -0.3 is 0 Å². The van der Waals surface area contributed by atoms with E-state index < -0.39 is 0 Å². The summed E-state index contributed by atoms with van der Waals surface area (Å²) in [6, 6.07) is 4.32. The average molecular weight is 866 g/mol. The zero-order chi connectivity index (χ0) is 41.5. The molecule has 0 bridgehead atoms. The summed E-state index contributed by atoms with van der Waals surface area (Å²) >= 11 is 15.0. The lowest BCUT2D eigenvalue weighted by molar-refractivity contribution is -0.0301. The van der Waals surface area contributed by atoms with Crippen LogP contribution in [0.25, 0.3) is 0 Å². The van der Waals surface area contributed by atoms with Crippen molar-refractivity contribution in [2.45, 2.75) is 268 Å². The van der Waals surface area contributed by atoms with Crippen LogP contribution in [0.1, 0.15) is 221 Å². The minimum absolute atomic E-state index is 0.348. The number of halogens is 2. The third-order valence-corrected chi connectivity index (χ3v) is 23.9. The summed E-state index contributed by atoms with van der Waals surface area (Å²) in [7, 11) is 0. The van der Waals surface area contributed by atoms with Gasteiger partial charge >= 0.3 is 0 Å². The van der Waals surface area contributed by atoms with Crippen molar-refractivity contribution in [2.24, 2.45) is 81.8 Å². The van der Waals surface area contributed by atoms with Gasteiger partial charge in [0.1, 0.15) is 0 Å². The second kappa shape index (κ2) is 18.0. The summed E-state index contributed by atoms with van der Waals surface area (Å²) < 4.78 is 0.